The normalized spacial score (nSPS) is 18.0. The molecule has 0 saturated heterocycles. The van der Waals surface area contributed by atoms with Gasteiger partial charge in [0.05, 0.1) is 12.2 Å². The highest BCUT2D eigenvalue weighted by molar-refractivity contribution is 5.75. The molecule has 2 rings (SSSR count). The number of imidazole rings is 1. The van der Waals surface area contributed by atoms with E-state index in [4.69, 9.17) is 4.74 Å². The first-order valence-corrected chi connectivity index (χ1v) is 7.02. The third-order valence-corrected chi connectivity index (χ3v) is 3.17. The molecule has 1 unspecified atom stereocenters. The summed E-state index contributed by atoms with van der Waals surface area (Å²) in [6.45, 7) is 6.36. The van der Waals surface area contributed by atoms with Crippen molar-refractivity contribution in [1.29, 1.82) is 0 Å². The number of ether oxygens (including phenoxy) is 1. The third kappa shape index (κ3) is 3.96. The molecule has 0 saturated carbocycles. The summed E-state index contributed by atoms with van der Waals surface area (Å²) >= 11 is 0. The standard InChI is InChI=1S/C14H21N3O4/c1-14(2,3)21-13(20)15-7-9-8-17-6-4-5-10(12(18)19)11(17)16-9/h8,10H,4-7H2,1-3H3,(H,15,20)(H,18,19). The summed E-state index contributed by atoms with van der Waals surface area (Å²) in [5, 5.41) is 11.8. The lowest BCUT2D eigenvalue weighted by Crippen LogP contribution is -2.32. The highest BCUT2D eigenvalue weighted by atomic mass is 16.6. The first-order chi connectivity index (χ1) is 9.76. The van der Waals surface area contributed by atoms with Crippen LogP contribution in [0.1, 0.15) is 51.0 Å². The molecule has 1 aliphatic rings. The van der Waals surface area contributed by atoms with Crippen LogP contribution < -0.4 is 5.32 Å². The molecule has 0 radical (unpaired) electrons. The Morgan fingerprint density at radius 3 is 2.86 bits per heavy atom. The van der Waals surface area contributed by atoms with E-state index >= 15 is 0 Å². The molecule has 0 spiro atoms. The Kier molecular flexibility index (Phi) is 4.20. The number of nitrogens with zero attached hydrogens (tertiary/aromatic N) is 2. The number of carbonyl (C=O) groups excluding carboxylic acids is 1. The zero-order valence-electron chi connectivity index (χ0n) is 12.5. The molecule has 7 nitrogen and oxygen atoms in total. The molecule has 21 heavy (non-hydrogen) atoms. The Bertz CT molecular complexity index is 545. The second kappa shape index (κ2) is 5.75. The number of aliphatic carboxylic acids is 1. The van der Waals surface area contributed by atoms with E-state index in [-0.39, 0.29) is 6.54 Å². The molecule has 116 valence electrons. The summed E-state index contributed by atoms with van der Waals surface area (Å²) in [7, 11) is 0. The van der Waals surface area contributed by atoms with Crippen LogP contribution in [0.4, 0.5) is 4.79 Å². The first kappa shape index (κ1) is 15.3. The van der Waals surface area contributed by atoms with Gasteiger partial charge in [0.2, 0.25) is 0 Å². The van der Waals surface area contributed by atoms with Crippen molar-refractivity contribution < 1.29 is 19.4 Å². The molecule has 1 amide bonds. The predicted molar refractivity (Wildman–Crippen MR) is 74.9 cm³/mol. The van der Waals surface area contributed by atoms with Gasteiger partial charge in [0.1, 0.15) is 17.3 Å². The summed E-state index contributed by atoms with van der Waals surface area (Å²) in [4.78, 5) is 27.1. The molecule has 1 aromatic heterocycles. The lowest BCUT2D eigenvalue weighted by molar-refractivity contribution is -0.139. The quantitative estimate of drug-likeness (QED) is 0.888. The summed E-state index contributed by atoms with van der Waals surface area (Å²) in [5.74, 6) is -0.850. The largest absolute Gasteiger partial charge is 0.481 e. The second-order valence-electron chi connectivity index (χ2n) is 6.17. The number of nitrogens with one attached hydrogen (secondary N) is 1. The lowest BCUT2D eigenvalue weighted by atomic mass is 9.99. The van der Waals surface area contributed by atoms with Gasteiger partial charge in [-0.15, -0.1) is 0 Å². The predicted octanol–water partition coefficient (Wildman–Crippen LogP) is 1.87. The topological polar surface area (TPSA) is 93.5 Å². The van der Waals surface area contributed by atoms with Crippen LogP contribution in [-0.2, 0) is 22.6 Å². The molecule has 1 atom stereocenters. The third-order valence-electron chi connectivity index (χ3n) is 3.17. The van der Waals surface area contributed by atoms with Gasteiger partial charge in [-0.2, -0.15) is 0 Å². The van der Waals surface area contributed by atoms with E-state index in [1.165, 1.54) is 0 Å². The van der Waals surface area contributed by atoms with E-state index in [2.05, 4.69) is 10.3 Å². The summed E-state index contributed by atoms with van der Waals surface area (Å²) in [6.07, 6.45) is 2.70. The average Bonchev–Trinajstić information content (AvgIpc) is 2.76. The van der Waals surface area contributed by atoms with Crippen molar-refractivity contribution in [3.05, 3.63) is 17.7 Å². The van der Waals surface area contributed by atoms with E-state index in [9.17, 15) is 14.7 Å². The highest BCUT2D eigenvalue weighted by Crippen LogP contribution is 2.26. The van der Waals surface area contributed by atoms with Crippen LogP contribution in [-0.4, -0.2) is 32.3 Å². The van der Waals surface area contributed by atoms with Gasteiger partial charge in [-0.25, -0.2) is 9.78 Å². The van der Waals surface area contributed by atoms with Crippen molar-refractivity contribution in [3.8, 4) is 0 Å². The van der Waals surface area contributed by atoms with E-state index in [1.54, 1.807) is 27.0 Å². The molecular formula is C14H21N3O4. The number of aryl methyl sites for hydroxylation is 1. The Hall–Kier alpha value is -2.05. The number of carbonyl (C=O) groups is 2. The van der Waals surface area contributed by atoms with Crippen LogP contribution in [0.3, 0.4) is 0 Å². The molecule has 2 N–H and O–H groups in total. The fourth-order valence-corrected chi connectivity index (χ4v) is 2.33. The Morgan fingerprint density at radius 2 is 2.24 bits per heavy atom. The number of amides is 1. The highest BCUT2D eigenvalue weighted by Gasteiger charge is 2.28. The van der Waals surface area contributed by atoms with Crippen molar-refractivity contribution >= 4 is 12.1 Å². The van der Waals surface area contributed by atoms with Crippen molar-refractivity contribution in [2.45, 2.75) is 58.2 Å². The van der Waals surface area contributed by atoms with E-state index in [0.717, 1.165) is 13.0 Å². The number of hydrogen-bond acceptors (Lipinski definition) is 4. The van der Waals surface area contributed by atoms with Crippen LogP contribution in [0.2, 0.25) is 0 Å². The molecular weight excluding hydrogens is 274 g/mol. The maximum Gasteiger partial charge on any atom is 0.407 e. The molecule has 1 aromatic rings. The summed E-state index contributed by atoms with van der Waals surface area (Å²) in [5.41, 5.74) is 0.0929. The molecule has 0 bridgehead atoms. The molecule has 0 aliphatic carbocycles. The minimum atomic E-state index is -0.854. The van der Waals surface area contributed by atoms with Crippen molar-refractivity contribution in [1.82, 2.24) is 14.9 Å². The molecule has 0 fully saturated rings. The van der Waals surface area contributed by atoms with Gasteiger partial charge >= 0.3 is 12.1 Å². The van der Waals surface area contributed by atoms with E-state index in [1.807, 2.05) is 4.57 Å². The maximum absolute atomic E-state index is 11.6. The molecule has 0 aromatic carbocycles. The fourth-order valence-electron chi connectivity index (χ4n) is 2.33. The Labute approximate surface area is 123 Å². The van der Waals surface area contributed by atoms with Crippen molar-refractivity contribution in [2.24, 2.45) is 0 Å². The smallest absolute Gasteiger partial charge is 0.407 e. The van der Waals surface area contributed by atoms with Crippen LogP contribution in [0.5, 0.6) is 0 Å². The number of alkyl carbamates (subject to hydrolysis) is 1. The number of carboxylic acids is 1. The monoisotopic (exact) mass is 295 g/mol. The second-order valence-corrected chi connectivity index (χ2v) is 6.17. The SMILES string of the molecule is CC(C)(C)OC(=O)NCc1cn2c(n1)C(C(=O)O)CCC2. The minimum absolute atomic E-state index is 0.223. The molecule has 1 aliphatic heterocycles. The number of fused-ring (bicyclic) bond motifs is 1. The van der Waals surface area contributed by atoms with Crippen LogP contribution in [0, 0.1) is 0 Å². The maximum atomic E-state index is 11.6. The number of aromatic nitrogens is 2. The minimum Gasteiger partial charge on any atom is -0.481 e. The fraction of sp³-hybridized carbons (Fsp3) is 0.643. The summed E-state index contributed by atoms with van der Waals surface area (Å²) < 4.78 is 7.00. The van der Waals surface area contributed by atoms with Crippen LogP contribution >= 0.6 is 0 Å². The first-order valence-electron chi connectivity index (χ1n) is 7.02. The Balaban J connectivity index is 2.00. The van der Waals surface area contributed by atoms with Gasteiger partial charge < -0.3 is 19.7 Å². The number of hydrogen-bond donors (Lipinski definition) is 2. The average molecular weight is 295 g/mol. The van der Waals surface area contributed by atoms with Gasteiger partial charge in [0, 0.05) is 12.7 Å². The van der Waals surface area contributed by atoms with Crippen LogP contribution in [0.25, 0.3) is 0 Å². The zero-order valence-corrected chi connectivity index (χ0v) is 12.5. The van der Waals surface area contributed by atoms with Crippen molar-refractivity contribution in [2.75, 3.05) is 0 Å². The zero-order chi connectivity index (χ0) is 15.6. The van der Waals surface area contributed by atoms with Gasteiger partial charge in [-0.1, -0.05) is 0 Å². The molecule has 2 heterocycles. The van der Waals surface area contributed by atoms with E-state index in [0.29, 0.717) is 17.9 Å². The number of carboxylic acid groups (broad SMARTS) is 1. The van der Waals surface area contributed by atoms with Gasteiger partial charge in [-0.05, 0) is 33.6 Å². The van der Waals surface area contributed by atoms with Gasteiger partial charge in [0.15, 0.2) is 0 Å². The van der Waals surface area contributed by atoms with E-state index < -0.39 is 23.6 Å². The van der Waals surface area contributed by atoms with Gasteiger partial charge in [0.25, 0.3) is 0 Å². The van der Waals surface area contributed by atoms with Crippen LogP contribution in [0.15, 0.2) is 6.20 Å². The molecule has 7 heteroatoms. The lowest BCUT2D eigenvalue weighted by Gasteiger charge is -2.19. The number of rotatable bonds is 3. The van der Waals surface area contributed by atoms with Crippen molar-refractivity contribution in [3.63, 3.8) is 0 Å². The summed E-state index contributed by atoms with van der Waals surface area (Å²) in [6, 6.07) is 0. The Morgan fingerprint density at radius 1 is 1.52 bits per heavy atom. The van der Waals surface area contributed by atoms with Gasteiger partial charge in [-0.3, -0.25) is 4.79 Å².